The Morgan fingerprint density at radius 1 is 1.37 bits per heavy atom. The lowest BCUT2D eigenvalue weighted by molar-refractivity contribution is -0.385. The third kappa shape index (κ3) is 2.86. The van der Waals surface area contributed by atoms with Gasteiger partial charge in [-0.2, -0.15) is 0 Å². The lowest BCUT2D eigenvalue weighted by atomic mass is 10.2. The van der Waals surface area contributed by atoms with Crippen LogP contribution in [0.5, 0.6) is 11.6 Å². The summed E-state index contributed by atoms with van der Waals surface area (Å²) in [5.74, 6) is 0.509. The minimum absolute atomic E-state index is 0.0790. The molecule has 1 aromatic heterocycles. The predicted octanol–water partition coefficient (Wildman–Crippen LogP) is 2.55. The fourth-order valence-electron chi connectivity index (χ4n) is 1.61. The van der Waals surface area contributed by atoms with Gasteiger partial charge in [0.15, 0.2) is 0 Å². The van der Waals surface area contributed by atoms with Crippen LogP contribution in [0.15, 0.2) is 36.5 Å². The molecule has 0 saturated carbocycles. The van der Waals surface area contributed by atoms with E-state index < -0.39 is 4.92 Å². The van der Waals surface area contributed by atoms with E-state index in [0.29, 0.717) is 18.0 Å². The molecule has 2 aromatic rings. The van der Waals surface area contributed by atoms with E-state index >= 15 is 0 Å². The number of aryl methyl sites for hydroxylation is 1. The molecule has 0 unspecified atom stereocenters. The molecule has 0 spiro atoms. The number of benzene rings is 1. The van der Waals surface area contributed by atoms with Crippen molar-refractivity contribution in [3.8, 4) is 11.6 Å². The van der Waals surface area contributed by atoms with E-state index in [9.17, 15) is 10.1 Å². The Morgan fingerprint density at radius 3 is 2.74 bits per heavy atom. The van der Waals surface area contributed by atoms with Gasteiger partial charge in [0.2, 0.25) is 11.6 Å². The highest BCUT2D eigenvalue weighted by atomic mass is 16.6. The number of pyridine rings is 1. The second kappa shape index (κ2) is 5.45. The van der Waals surface area contributed by atoms with E-state index in [2.05, 4.69) is 4.98 Å². The number of nitrogens with two attached hydrogens (primary N) is 1. The van der Waals surface area contributed by atoms with Crippen molar-refractivity contribution < 1.29 is 9.66 Å². The molecule has 0 atom stereocenters. The molecule has 0 aliphatic carbocycles. The molecule has 1 heterocycles. The van der Waals surface area contributed by atoms with E-state index in [4.69, 9.17) is 10.5 Å². The van der Waals surface area contributed by atoms with E-state index in [1.807, 2.05) is 0 Å². The van der Waals surface area contributed by atoms with Crippen molar-refractivity contribution in [3.05, 3.63) is 57.8 Å². The highest BCUT2D eigenvalue weighted by Gasteiger charge is 2.18. The van der Waals surface area contributed by atoms with Crippen LogP contribution in [0.1, 0.15) is 11.1 Å². The van der Waals surface area contributed by atoms with Crippen molar-refractivity contribution in [2.75, 3.05) is 0 Å². The summed E-state index contributed by atoms with van der Waals surface area (Å²) in [6.45, 7) is 2.13. The van der Waals surface area contributed by atoms with Crippen molar-refractivity contribution in [3.63, 3.8) is 0 Å². The third-order valence-corrected chi connectivity index (χ3v) is 2.63. The van der Waals surface area contributed by atoms with E-state index in [1.165, 1.54) is 6.07 Å². The third-order valence-electron chi connectivity index (χ3n) is 2.63. The molecule has 2 rings (SSSR count). The molecule has 6 nitrogen and oxygen atoms in total. The van der Waals surface area contributed by atoms with E-state index in [1.54, 1.807) is 37.4 Å². The molecular weight excluding hydrogens is 246 g/mol. The number of aromatic nitrogens is 1. The zero-order valence-corrected chi connectivity index (χ0v) is 10.4. The summed E-state index contributed by atoms with van der Waals surface area (Å²) in [5.41, 5.74) is 6.94. The Hall–Kier alpha value is -2.47. The van der Waals surface area contributed by atoms with E-state index in [-0.39, 0.29) is 11.4 Å². The maximum absolute atomic E-state index is 11.0. The molecule has 0 fully saturated rings. The van der Waals surface area contributed by atoms with Crippen LogP contribution in [-0.4, -0.2) is 9.91 Å². The number of para-hydroxylation sites is 1. The van der Waals surface area contributed by atoms with Crippen molar-refractivity contribution >= 4 is 5.69 Å². The molecule has 0 saturated heterocycles. The zero-order chi connectivity index (χ0) is 13.8. The van der Waals surface area contributed by atoms with Gasteiger partial charge in [-0.3, -0.25) is 10.1 Å². The maximum atomic E-state index is 11.0. The topological polar surface area (TPSA) is 91.3 Å². The summed E-state index contributed by atoms with van der Waals surface area (Å²) in [7, 11) is 0. The Morgan fingerprint density at radius 2 is 2.16 bits per heavy atom. The smallest absolute Gasteiger partial charge is 0.311 e. The highest BCUT2D eigenvalue weighted by molar-refractivity contribution is 5.52. The quantitative estimate of drug-likeness (QED) is 0.673. The first-order valence-electron chi connectivity index (χ1n) is 5.68. The number of hydrogen-bond acceptors (Lipinski definition) is 5. The Balaban J connectivity index is 2.34. The second-order valence-electron chi connectivity index (χ2n) is 3.99. The lowest BCUT2D eigenvalue weighted by Crippen LogP contribution is -1.99. The van der Waals surface area contributed by atoms with Crippen LogP contribution in [0, 0.1) is 17.0 Å². The Kier molecular flexibility index (Phi) is 3.72. The monoisotopic (exact) mass is 259 g/mol. The van der Waals surface area contributed by atoms with Crippen molar-refractivity contribution in [1.29, 1.82) is 0 Å². The minimum atomic E-state index is -0.476. The highest BCUT2D eigenvalue weighted by Crippen LogP contribution is 2.33. The second-order valence-corrected chi connectivity index (χ2v) is 3.99. The predicted molar refractivity (Wildman–Crippen MR) is 70.0 cm³/mol. The zero-order valence-electron chi connectivity index (χ0n) is 10.4. The van der Waals surface area contributed by atoms with Gasteiger partial charge in [-0.15, -0.1) is 0 Å². The average molecular weight is 259 g/mol. The molecule has 19 heavy (non-hydrogen) atoms. The first-order chi connectivity index (χ1) is 9.11. The summed E-state index contributed by atoms with van der Waals surface area (Å²) < 4.78 is 5.51. The van der Waals surface area contributed by atoms with Crippen LogP contribution in [0.25, 0.3) is 0 Å². The fraction of sp³-hybridized carbons (Fsp3) is 0.154. The first-order valence-corrected chi connectivity index (χ1v) is 5.68. The normalized spacial score (nSPS) is 10.2. The van der Waals surface area contributed by atoms with Crippen LogP contribution in [0.2, 0.25) is 0 Å². The summed E-state index contributed by atoms with van der Waals surface area (Å²) >= 11 is 0. The van der Waals surface area contributed by atoms with Gasteiger partial charge in [-0.05, 0) is 18.1 Å². The van der Waals surface area contributed by atoms with E-state index in [0.717, 1.165) is 5.56 Å². The molecule has 98 valence electrons. The van der Waals surface area contributed by atoms with Gasteiger partial charge in [0, 0.05) is 24.9 Å². The molecule has 2 N–H and O–H groups in total. The summed E-state index contributed by atoms with van der Waals surface area (Å²) in [6.07, 6.45) is 1.58. The maximum Gasteiger partial charge on any atom is 0.311 e. The lowest BCUT2D eigenvalue weighted by Gasteiger charge is -2.08. The summed E-state index contributed by atoms with van der Waals surface area (Å²) in [4.78, 5) is 14.5. The molecule has 1 aromatic carbocycles. The molecule has 0 aliphatic heterocycles. The largest absolute Gasteiger partial charge is 0.432 e. The Labute approximate surface area is 110 Å². The Bertz CT molecular complexity index is 597. The number of nitro benzene ring substituents is 1. The molecular formula is C13H13N3O3. The summed E-state index contributed by atoms with van der Waals surface area (Å²) in [5, 5.41) is 11.0. The van der Waals surface area contributed by atoms with Gasteiger partial charge < -0.3 is 10.5 Å². The van der Waals surface area contributed by atoms with Gasteiger partial charge in [0.1, 0.15) is 0 Å². The molecule has 6 heteroatoms. The standard InChI is InChI=1S/C13H13N3O3/c1-9-3-2-4-11(16(17)18)13(9)19-12-6-5-10(7-14)8-15-12/h2-6,8H,7,14H2,1H3. The van der Waals surface area contributed by atoms with Crippen LogP contribution >= 0.6 is 0 Å². The van der Waals surface area contributed by atoms with Gasteiger partial charge in [-0.1, -0.05) is 18.2 Å². The fourth-order valence-corrected chi connectivity index (χ4v) is 1.61. The number of nitrogens with zero attached hydrogens (tertiary/aromatic N) is 2. The molecule has 0 amide bonds. The number of rotatable bonds is 4. The van der Waals surface area contributed by atoms with Gasteiger partial charge >= 0.3 is 5.69 Å². The molecule has 0 aliphatic rings. The van der Waals surface area contributed by atoms with Gasteiger partial charge in [-0.25, -0.2) is 4.98 Å². The number of ether oxygens (including phenoxy) is 1. The van der Waals surface area contributed by atoms with Gasteiger partial charge in [0.25, 0.3) is 0 Å². The first kappa shape index (κ1) is 13.0. The SMILES string of the molecule is Cc1cccc([N+](=O)[O-])c1Oc1ccc(CN)cn1. The number of nitro groups is 1. The molecule has 0 radical (unpaired) electrons. The molecule has 0 bridgehead atoms. The minimum Gasteiger partial charge on any atom is -0.432 e. The van der Waals surface area contributed by atoms with Crippen molar-refractivity contribution in [2.45, 2.75) is 13.5 Å². The van der Waals surface area contributed by atoms with Crippen LogP contribution < -0.4 is 10.5 Å². The summed E-state index contributed by atoms with van der Waals surface area (Å²) in [6, 6.07) is 8.17. The van der Waals surface area contributed by atoms with Gasteiger partial charge in [0.05, 0.1) is 4.92 Å². The number of hydrogen-bond donors (Lipinski definition) is 1. The average Bonchev–Trinajstić information content (AvgIpc) is 2.41. The van der Waals surface area contributed by atoms with Crippen LogP contribution in [-0.2, 0) is 6.54 Å². The van der Waals surface area contributed by atoms with Crippen molar-refractivity contribution in [1.82, 2.24) is 4.98 Å². The van der Waals surface area contributed by atoms with Crippen LogP contribution in [0.4, 0.5) is 5.69 Å². The van der Waals surface area contributed by atoms with Crippen LogP contribution in [0.3, 0.4) is 0 Å². The van der Waals surface area contributed by atoms with Crippen molar-refractivity contribution in [2.24, 2.45) is 5.73 Å².